The van der Waals surface area contributed by atoms with E-state index in [4.69, 9.17) is 19.9 Å². The third-order valence-electron chi connectivity index (χ3n) is 2.62. The second kappa shape index (κ2) is 3.96. The molecule has 0 aromatic heterocycles. The van der Waals surface area contributed by atoms with E-state index >= 15 is 0 Å². The van der Waals surface area contributed by atoms with Crippen molar-refractivity contribution in [3.05, 3.63) is 23.3 Å². The lowest BCUT2D eigenvalue weighted by Gasteiger charge is -2.23. The summed E-state index contributed by atoms with van der Waals surface area (Å²) >= 11 is 0. The molecule has 0 unspecified atom stereocenters. The van der Waals surface area contributed by atoms with Crippen LogP contribution in [0.15, 0.2) is 12.1 Å². The first-order chi connectivity index (χ1) is 7.54. The molecule has 4 heteroatoms. The van der Waals surface area contributed by atoms with Crippen LogP contribution in [0.3, 0.4) is 0 Å². The van der Waals surface area contributed by atoms with Gasteiger partial charge in [-0.05, 0) is 25.5 Å². The van der Waals surface area contributed by atoms with Crippen LogP contribution in [0.25, 0.3) is 0 Å². The molecule has 1 heterocycles. The second-order valence-electron chi connectivity index (χ2n) is 4.48. The SMILES string of the molecule is COCc1c(C(C)(C)N)ccc2c1OCO2. The highest BCUT2D eigenvalue weighted by Crippen LogP contribution is 2.40. The molecule has 1 aromatic carbocycles. The minimum absolute atomic E-state index is 0.264. The molecule has 0 radical (unpaired) electrons. The zero-order valence-corrected chi connectivity index (χ0v) is 9.87. The first-order valence-corrected chi connectivity index (χ1v) is 5.24. The normalized spacial score (nSPS) is 14.2. The van der Waals surface area contributed by atoms with Crippen LogP contribution in [-0.4, -0.2) is 13.9 Å². The van der Waals surface area contributed by atoms with Crippen molar-refractivity contribution in [3.63, 3.8) is 0 Å². The van der Waals surface area contributed by atoms with Crippen molar-refractivity contribution < 1.29 is 14.2 Å². The van der Waals surface area contributed by atoms with E-state index in [2.05, 4.69) is 0 Å². The second-order valence-corrected chi connectivity index (χ2v) is 4.48. The van der Waals surface area contributed by atoms with Gasteiger partial charge < -0.3 is 19.9 Å². The molecule has 0 saturated carbocycles. The molecule has 2 N–H and O–H groups in total. The van der Waals surface area contributed by atoms with Crippen molar-refractivity contribution in [2.24, 2.45) is 5.73 Å². The van der Waals surface area contributed by atoms with Crippen molar-refractivity contribution >= 4 is 0 Å². The number of ether oxygens (including phenoxy) is 3. The van der Waals surface area contributed by atoms with Gasteiger partial charge in [0.1, 0.15) is 0 Å². The molecule has 0 spiro atoms. The molecule has 1 aliphatic rings. The third-order valence-corrected chi connectivity index (χ3v) is 2.62. The van der Waals surface area contributed by atoms with E-state index in [1.807, 2.05) is 26.0 Å². The van der Waals surface area contributed by atoms with Crippen LogP contribution in [0.4, 0.5) is 0 Å². The zero-order chi connectivity index (χ0) is 11.8. The molecule has 88 valence electrons. The van der Waals surface area contributed by atoms with Gasteiger partial charge in [0.05, 0.1) is 6.61 Å². The highest BCUT2D eigenvalue weighted by Gasteiger charge is 2.26. The Kier molecular flexibility index (Phi) is 2.78. The highest BCUT2D eigenvalue weighted by molar-refractivity contribution is 5.53. The van der Waals surface area contributed by atoms with E-state index in [9.17, 15) is 0 Å². The average molecular weight is 223 g/mol. The topological polar surface area (TPSA) is 53.7 Å². The lowest BCUT2D eigenvalue weighted by molar-refractivity contribution is 0.162. The summed E-state index contributed by atoms with van der Waals surface area (Å²) in [5, 5.41) is 0. The maximum absolute atomic E-state index is 6.13. The number of rotatable bonds is 3. The van der Waals surface area contributed by atoms with Gasteiger partial charge in [-0.25, -0.2) is 0 Å². The van der Waals surface area contributed by atoms with E-state index < -0.39 is 5.54 Å². The molecule has 1 aromatic rings. The van der Waals surface area contributed by atoms with E-state index in [-0.39, 0.29) is 6.79 Å². The zero-order valence-electron chi connectivity index (χ0n) is 9.87. The minimum Gasteiger partial charge on any atom is -0.454 e. The minimum atomic E-state index is -0.422. The summed E-state index contributed by atoms with van der Waals surface area (Å²) in [4.78, 5) is 0. The molecule has 0 fully saturated rings. The van der Waals surface area contributed by atoms with Gasteiger partial charge in [0, 0.05) is 18.2 Å². The van der Waals surface area contributed by atoms with Crippen molar-refractivity contribution in [3.8, 4) is 11.5 Å². The van der Waals surface area contributed by atoms with Crippen LogP contribution in [0.1, 0.15) is 25.0 Å². The Labute approximate surface area is 95.3 Å². The monoisotopic (exact) mass is 223 g/mol. The smallest absolute Gasteiger partial charge is 0.231 e. The summed E-state index contributed by atoms with van der Waals surface area (Å²) in [6.07, 6.45) is 0. The summed E-state index contributed by atoms with van der Waals surface area (Å²) < 4.78 is 16.0. The van der Waals surface area contributed by atoms with Gasteiger partial charge in [-0.1, -0.05) is 6.07 Å². The van der Waals surface area contributed by atoms with Gasteiger partial charge in [0.25, 0.3) is 0 Å². The standard InChI is InChI=1S/C12H17NO3/c1-12(2,13)9-4-5-10-11(16-7-15-10)8(9)6-14-3/h4-5H,6-7,13H2,1-3H3. The van der Waals surface area contributed by atoms with Gasteiger partial charge in [-0.15, -0.1) is 0 Å². The van der Waals surface area contributed by atoms with Crippen molar-refractivity contribution in [1.82, 2.24) is 0 Å². The average Bonchev–Trinajstić information content (AvgIpc) is 2.64. The predicted molar refractivity (Wildman–Crippen MR) is 60.5 cm³/mol. The molecule has 0 amide bonds. The molecule has 16 heavy (non-hydrogen) atoms. The van der Waals surface area contributed by atoms with Gasteiger partial charge in [-0.2, -0.15) is 0 Å². The lowest BCUT2D eigenvalue weighted by atomic mass is 9.90. The molecule has 0 aliphatic carbocycles. The molecular weight excluding hydrogens is 206 g/mol. The maximum Gasteiger partial charge on any atom is 0.231 e. The molecule has 4 nitrogen and oxygen atoms in total. The van der Waals surface area contributed by atoms with Crippen LogP contribution in [-0.2, 0) is 16.9 Å². The highest BCUT2D eigenvalue weighted by atomic mass is 16.7. The maximum atomic E-state index is 6.13. The van der Waals surface area contributed by atoms with Crippen molar-refractivity contribution in [2.45, 2.75) is 26.0 Å². The van der Waals surface area contributed by atoms with E-state index in [0.29, 0.717) is 6.61 Å². The first kappa shape index (κ1) is 11.2. The van der Waals surface area contributed by atoms with Crippen LogP contribution in [0.5, 0.6) is 11.5 Å². The Hall–Kier alpha value is -1.26. The Bertz CT molecular complexity index is 396. The number of fused-ring (bicyclic) bond motifs is 1. The molecule has 0 bridgehead atoms. The summed E-state index contributed by atoms with van der Waals surface area (Å²) in [6, 6.07) is 3.87. The fraction of sp³-hybridized carbons (Fsp3) is 0.500. The van der Waals surface area contributed by atoms with Crippen LogP contribution < -0.4 is 15.2 Å². The van der Waals surface area contributed by atoms with Crippen LogP contribution in [0, 0.1) is 0 Å². The van der Waals surface area contributed by atoms with E-state index in [0.717, 1.165) is 22.6 Å². The van der Waals surface area contributed by atoms with Crippen molar-refractivity contribution in [1.29, 1.82) is 0 Å². The lowest BCUT2D eigenvalue weighted by Crippen LogP contribution is -2.30. The Morgan fingerprint density at radius 3 is 2.75 bits per heavy atom. The predicted octanol–water partition coefficient (Wildman–Crippen LogP) is 1.76. The van der Waals surface area contributed by atoms with E-state index in [1.54, 1.807) is 7.11 Å². The van der Waals surface area contributed by atoms with Gasteiger partial charge in [0.15, 0.2) is 11.5 Å². The Balaban J connectivity index is 2.53. The first-order valence-electron chi connectivity index (χ1n) is 5.24. The van der Waals surface area contributed by atoms with Crippen LogP contribution >= 0.6 is 0 Å². The van der Waals surface area contributed by atoms with Crippen molar-refractivity contribution in [2.75, 3.05) is 13.9 Å². The summed E-state index contributed by atoms with van der Waals surface area (Å²) in [6.45, 7) is 4.66. The fourth-order valence-electron chi connectivity index (χ4n) is 1.92. The van der Waals surface area contributed by atoms with Crippen LogP contribution in [0.2, 0.25) is 0 Å². The Morgan fingerprint density at radius 1 is 1.38 bits per heavy atom. The summed E-state index contributed by atoms with van der Waals surface area (Å²) in [7, 11) is 1.66. The number of methoxy groups -OCH3 is 1. The molecule has 0 atom stereocenters. The molecule has 1 aliphatic heterocycles. The van der Waals surface area contributed by atoms with Gasteiger partial charge >= 0.3 is 0 Å². The third kappa shape index (κ3) is 1.86. The molecule has 0 saturated heterocycles. The number of hydrogen-bond donors (Lipinski definition) is 1. The number of nitrogens with two attached hydrogens (primary N) is 1. The summed E-state index contributed by atoms with van der Waals surface area (Å²) in [5.74, 6) is 1.53. The molecule has 2 rings (SSSR count). The largest absolute Gasteiger partial charge is 0.454 e. The number of benzene rings is 1. The fourth-order valence-corrected chi connectivity index (χ4v) is 1.92. The van der Waals surface area contributed by atoms with Gasteiger partial charge in [-0.3, -0.25) is 0 Å². The number of hydrogen-bond acceptors (Lipinski definition) is 4. The van der Waals surface area contributed by atoms with E-state index in [1.165, 1.54) is 0 Å². The Morgan fingerprint density at radius 2 is 2.12 bits per heavy atom. The molecular formula is C12H17NO3. The quantitative estimate of drug-likeness (QED) is 0.848. The van der Waals surface area contributed by atoms with Gasteiger partial charge in [0.2, 0.25) is 6.79 Å². The summed E-state index contributed by atoms with van der Waals surface area (Å²) in [5.41, 5.74) is 7.71.